The maximum absolute atomic E-state index is 12.4. The number of anilines is 1. The molecule has 0 saturated carbocycles. The average Bonchev–Trinajstić information content (AvgIpc) is 2.97. The van der Waals surface area contributed by atoms with Crippen LogP contribution in [-0.4, -0.2) is 39.9 Å². The molecule has 0 saturated heterocycles. The zero-order chi connectivity index (χ0) is 20.4. The van der Waals surface area contributed by atoms with E-state index in [2.05, 4.69) is 20.9 Å². The number of hydrogen-bond acceptors (Lipinski definition) is 4. The number of nitrogens with zero attached hydrogens (tertiary/aromatic N) is 2. The van der Waals surface area contributed by atoms with Crippen molar-refractivity contribution in [1.82, 2.24) is 20.2 Å². The van der Waals surface area contributed by atoms with E-state index in [0.717, 1.165) is 16.9 Å². The quantitative estimate of drug-likeness (QED) is 0.611. The van der Waals surface area contributed by atoms with Crippen molar-refractivity contribution in [3.8, 4) is 0 Å². The first-order chi connectivity index (χ1) is 14.0. The molecule has 1 aliphatic heterocycles. The third kappa shape index (κ3) is 3.82. The van der Waals surface area contributed by atoms with Crippen molar-refractivity contribution in [2.45, 2.75) is 18.9 Å². The normalized spacial score (nSPS) is 16.0. The monoisotopic (exact) mass is 391 g/mol. The highest BCUT2D eigenvalue weighted by Gasteiger charge is 2.29. The van der Waals surface area contributed by atoms with Crippen LogP contribution >= 0.6 is 0 Å². The van der Waals surface area contributed by atoms with Crippen LogP contribution in [0.3, 0.4) is 0 Å². The number of hydrogen-bond donors (Lipinski definition) is 3. The van der Waals surface area contributed by atoms with Crippen LogP contribution in [0.2, 0.25) is 0 Å². The minimum absolute atomic E-state index is 0.131. The van der Waals surface area contributed by atoms with E-state index in [1.807, 2.05) is 35.9 Å². The van der Waals surface area contributed by atoms with Crippen molar-refractivity contribution >= 4 is 34.4 Å². The molecule has 0 radical (unpaired) electrons. The van der Waals surface area contributed by atoms with E-state index in [4.69, 9.17) is 0 Å². The first-order valence-electron chi connectivity index (χ1n) is 9.40. The second kappa shape index (κ2) is 7.75. The Morgan fingerprint density at radius 1 is 1.14 bits per heavy atom. The van der Waals surface area contributed by atoms with Gasteiger partial charge in [0.1, 0.15) is 11.9 Å². The fourth-order valence-corrected chi connectivity index (χ4v) is 3.45. The smallest absolute Gasteiger partial charge is 0.254 e. The number of carbonyl (C=O) groups excluding carboxylic acids is 3. The van der Waals surface area contributed by atoms with E-state index in [1.165, 1.54) is 0 Å². The number of fused-ring (bicyclic) bond motifs is 2. The summed E-state index contributed by atoms with van der Waals surface area (Å²) in [7, 11) is 1.94. The van der Waals surface area contributed by atoms with Gasteiger partial charge in [0.05, 0.1) is 28.7 Å². The molecule has 0 fully saturated rings. The molecule has 1 aromatic heterocycles. The lowest BCUT2D eigenvalue weighted by molar-refractivity contribution is -0.125. The van der Waals surface area contributed by atoms with Gasteiger partial charge in [-0.15, -0.1) is 0 Å². The summed E-state index contributed by atoms with van der Waals surface area (Å²) in [5.74, 6) is -0.233. The standard InChI is InChI=1S/C21H21N5O3/c1-26-17-9-5-4-8-15(17)23-18(26)10-11-22-19(27)12-16-21(29)24-14-7-3-2-6-13(14)20(28)25-16/h2-9,16H,10-12H2,1H3,(H,22,27)(H,24,29)(H,25,28). The van der Waals surface area contributed by atoms with Crippen molar-refractivity contribution < 1.29 is 14.4 Å². The molecule has 3 amide bonds. The predicted octanol–water partition coefficient (Wildman–Crippen LogP) is 1.37. The second-order valence-electron chi connectivity index (χ2n) is 6.94. The van der Waals surface area contributed by atoms with Crippen LogP contribution in [0.25, 0.3) is 11.0 Å². The number of aromatic nitrogens is 2. The highest BCUT2D eigenvalue weighted by atomic mass is 16.2. The minimum Gasteiger partial charge on any atom is -0.356 e. The van der Waals surface area contributed by atoms with Crippen LogP contribution in [0.5, 0.6) is 0 Å². The summed E-state index contributed by atoms with van der Waals surface area (Å²) in [6.45, 7) is 0.387. The van der Waals surface area contributed by atoms with Crippen molar-refractivity contribution in [3.63, 3.8) is 0 Å². The Kier molecular flexibility index (Phi) is 4.99. The summed E-state index contributed by atoms with van der Waals surface area (Å²) in [4.78, 5) is 41.6. The minimum atomic E-state index is -0.925. The maximum atomic E-state index is 12.4. The van der Waals surface area contributed by atoms with Gasteiger partial charge in [-0.3, -0.25) is 14.4 Å². The molecule has 2 heterocycles. The zero-order valence-electron chi connectivity index (χ0n) is 15.9. The SMILES string of the molecule is Cn1c(CCNC(=O)CC2NC(=O)c3ccccc3NC2=O)nc2ccccc21. The molecule has 0 bridgehead atoms. The Morgan fingerprint density at radius 2 is 1.90 bits per heavy atom. The zero-order valence-corrected chi connectivity index (χ0v) is 15.9. The van der Waals surface area contributed by atoms with Crippen molar-refractivity contribution in [3.05, 3.63) is 59.9 Å². The number of amides is 3. The summed E-state index contributed by atoms with van der Waals surface area (Å²) < 4.78 is 2.00. The van der Waals surface area contributed by atoms with Crippen LogP contribution in [0, 0.1) is 0 Å². The lowest BCUT2D eigenvalue weighted by Crippen LogP contribution is -2.44. The third-order valence-corrected chi connectivity index (χ3v) is 4.99. The number of nitrogens with one attached hydrogen (secondary N) is 3. The van der Waals surface area contributed by atoms with Gasteiger partial charge in [-0.25, -0.2) is 4.98 Å². The number of para-hydroxylation sites is 3. The Balaban J connectivity index is 1.34. The van der Waals surface area contributed by atoms with Crippen LogP contribution in [0.1, 0.15) is 22.6 Å². The largest absolute Gasteiger partial charge is 0.356 e. The highest BCUT2D eigenvalue weighted by molar-refractivity contribution is 6.10. The van der Waals surface area contributed by atoms with Crippen molar-refractivity contribution in [2.24, 2.45) is 7.05 Å². The van der Waals surface area contributed by atoms with Gasteiger partial charge in [-0.05, 0) is 24.3 Å². The Labute approximate surface area is 167 Å². The third-order valence-electron chi connectivity index (χ3n) is 4.99. The number of rotatable bonds is 5. The van der Waals surface area contributed by atoms with Gasteiger partial charge in [-0.2, -0.15) is 0 Å². The molecule has 148 valence electrons. The highest BCUT2D eigenvalue weighted by Crippen LogP contribution is 2.19. The predicted molar refractivity (Wildman–Crippen MR) is 108 cm³/mol. The fraction of sp³-hybridized carbons (Fsp3) is 0.238. The van der Waals surface area contributed by atoms with E-state index in [-0.39, 0.29) is 18.2 Å². The van der Waals surface area contributed by atoms with Crippen LogP contribution in [-0.2, 0) is 23.1 Å². The van der Waals surface area contributed by atoms with Crippen molar-refractivity contribution in [1.29, 1.82) is 0 Å². The molecular formula is C21H21N5O3. The molecule has 3 N–H and O–H groups in total. The lowest BCUT2D eigenvalue weighted by Gasteiger charge is -2.14. The van der Waals surface area contributed by atoms with E-state index in [9.17, 15) is 14.4 Å². The summed E-state index contributed by atoms with van der Waals surface area (Å²) in [6.07, 6.45) is 0.430. The summed E-state index contributed by atoms with van der Waals surface area (Å²) >= 11 is 0. The van der Waals surface area contributed by atoms with Gasteiger partial charge in [-0.1, -0.05) is 24.3 Å². The van der Waals surface area contributed by atoms with E-state index in [0.29, 0.717) is 24.2 Å². The Morgan fingerprint density at radius 3 is 2.72 bits per heavy atom. The summed E-state index contributed by atoms with van der Waals surface area (Å²) in [5.41, 5.74) is 2.77. The van der Waals surface area contributed by atoms with Gasteiger partial charge in [0, 0.05) is 20.0 Å². The molecule has 1 aliphatic rings. The molecule has 1 unspecified atom stereocenters. The van der Waals surface area contributed by atoms with Gasteiger partial charge in [0.25, 0.3) is 5.91 Å². The molecule has 8 heteroatoms. The molecule has 4 rings (SSSR count). The first-order valence-corrected chi connectivity index (χ1v) is 9.40. The molecule has 8 nitrogen and oxygen atoms in total. The van der Waals surface area contributed by atoms with E-state index < -0.39 is 11.9 Å². The molecule has 29 heavy (non-hydrogen) atoms. The van der Waals surface area contributed by atoms with Crippen LogP contribution in [0.4, 0.5) is 5.69 Å². The Hall–Kier alpha value is -3.68. The number of carbonyl (C=O) groups is 3. The molecule has 3 aromatic rings. The fourth-order valence-electron chi connectivity index (χ4n) is 3.45. The van der Waals surface area contributed by atoms with E-state index >= 15 is 0 Å². The van der Waals surface area contributed by atoms with Crippen LogP contribution in [0.15, 0.2) is 48.5 Å². The Bertz CT molecular complexity index is 1100. The molecule has 1 atom stereocenters. The molecular weight excluding hydrogens is 370 g/mol. The van der Waals surface area contributed by atoms with Gasteiger partial charge in [0.15, 0.2) is 0 Å². The number of aryl methyl sites for hydroxylation is 1. The van der Waals surface area contributed by atoms with Crippen LogP contribution < -0.4 is 16.0 Å². The topological polar surface area (TPSA) is 105 Å². The average molecular weight is 391 g/mol. The van der Waals surface area contributed by atoms with Gasteiger partial charge < -0.3 is 20.5 Å². The number of benzene rings is 2. The summed E-state index contributed by atoms with van der Waals surface area (Å²) in [5, 5.41) is 8.12. The van der Waals surface area contributed by atoms with Gasteiger partial charge >= 0.3 is 0 Å². The second-order valence-corrected chi connectivity index (χ2v) is 6.94. The maximum Gasteiger partial charge on any atom is 0.254 e. The molecule has 2 aromatic carbocycles. The van der Waals surface area contributed by atoms with Gasteiger partial charge in [0.2, 0.25) is 11.8 Å². The lowest BCUT2D eigenvalue weighted by atomic mass is 10.1. The first kappa shape index (κ1) is 18.7. The van der Waals surface area contributed by atoms with E-state index in [1.54, 1.807) is 24.3 Å². The summed E-state index contributed by atoms with van der Waals surface area (Å²) in [6, 6.07) is 13.7. The molecule has 0 spiro atoms. The number of imidazole rings is 1. The van der Waals surface area contributed by atoms with Crippen molar-refractivity contribution in [2.75, 3.05) is 11.9 Å². The molecule has 0 aliphatic carbocycles.